The average molecular weight is 544 g/mol. The van der Waals surface area contributed by atoms with E-state index < -0.39 is 0 Å². The fraction of sp³-hybridized carbons (Fsp3) is 0.652. The van der Waals surface area contributed by atoms with Crippen molar-refractivity contribution in [3.05, 3.63) is 23.8 Å². The van der Waals surface area contributed by atoms with Crippen molar-refractivity contribution in [2.75, 3.05) is 40.9 Å². The molecule has 1 saturated carbocycles. The third-order valence-corrected chi connectivity index (χ3v) is 6.15. The van der Waals surface area contributed by atoms with Gasteiger partial charge in [-0.05, 0) is 49.8 Å². The first-order valence-corrected chi connectivity index (χ1v) is 11.1. The molecule has 1 aromatic carbocycles. The van der Waals surface area contributed by atoms with Crippen LogP contribution in [0.4, 0.5) is 0 Å². The minimum absolute atomic E-state index is 0. The molecule has 31 heavy (non-hydrogen) atoms. The molecule has 174 valence electrons. The second kappa shape index (κ2) is 13.0. The predicted octanol–water partition coefficient (Wildman–Crippen LogP) is 3.21. The van der Waals surface area contributed by atoms with E-state index >= 15 is 0 Å². The summed E-state index contributed by atoms with van der Waals surface area (Å²) in [6.07, 6.45) is 7.43. The minimum atomic E-state index is 0. The number of nitrogens with one attached hydrogen (secondary N) is 2. The number of aliphatic imine (C=N–C) groups is 1. The molecule has 1 saturated heterocycles. The van der Waals surface area contributed by atoms with Crippen molar-refractivity contribution in [1.82, 2.24) is 15.5 Å². The van der Waals surface area contributed by atoms with E-state index in [1.165, 1.54) is 18.4 Å². The molecule has 8 heteroatoms. The van der Waals surface area contributed by atoms with Crippen LogP contribution in [0.15, 0.2) is 23.2 Å². The Labute approximate surface area is 203 Å². The molecule has 2 fully saturated rings. The third kappa shape index (κ3) is 7.15. The van der Waals surface area contributed by atoms with Gasteiger partial charge in [0.25, 0.3) is 0 Å². The molecule has 2 aliphatic rings. The molecule has 1 atom stereocenters. The monoisotopic (exact) mass is 544 g/mol. The Morgan fingerprint density at radius 2 is 1.90 bits per heavy atom. The highest BCUT2D eigenvalue weighted by atomic mass is 127. The normalized spacial score (nSPS) is 19.1. The molecule has 0 spiro atoms. The van der Waals surface area contributed by atoms with Crippen molar-refractivity contribution in [3.8, 4) is 11.5 Å². The number of hydrogen-bond acceptors (Lipinski definition) is 4. The number of carbonyl (C=O) groups is 1. The standard InChI is InChI=1S/C23H36N4O3.HI/c1-24-23(25-13-6-7-17-10-11-20(29-2)21(15-17)30-3)26-19-12-14-27(16-19)22(28)18-8-4-5-9-18;/h10-11,15,18-19H,4-9,12-14,16H2,1-3H3,(H2,24,25,26);1H. The Morgan fingerprint density at radius 3 is 2.58 bits per heavy atom. The first-order chi connectivity index (χ1) is 14.6. The lowest BCUT2D eigenvalue weighted by Gasteiger charge is -2.21. The Balaban J connectivity index is 0.00000341. The summed E-state index contributed by atoms with van der Waals surface area (Å²) in [5.41, 5.74) is 1.22. The lowest BCUT2D eigenvalue weighted by Crippen LogP contribution is -2.45. The molecule has 0 bridgehead atoms. The number of likely N-dealkylation sites (tertiary alicyclic amines) is 1. The zero-order valence-corrected chi connectivity index (χ0v) is 21.3. The summed E-state index contributed by atoms with van der Waals surface area (Å²) in [5.74, 6) is 2.94. The first-order valence-electron chi connectivity index (χ1n) is 11.1. The van der Waals surface area contributed by atoms with Crippen LogP contribution >= 0.6 is 24.0 Å². The molecular formula is C23H37IN4O3. The minimum Gasteiger partial charge on any atom is -0.493 e. The lowest BCUT2D eigenvalue weighted by atomic mass is 10.1. The van der Waals surface area contributed by atoms with E-state index in [9.17, 15) is 4.79 Å². The van der Waals surface area contributed by atoms with Gasteiger partial charge in [0.2, 0.25) is 5.91 Å². The van der Waals surface area contributed by atoms with Crippen LogP contribution in [0.3, 0.4) is 0 Å². The molecule has 0 aromatic heterocycles. The Hall–Kier alpha value is -1.71. The van der Waals surface area contributed by atoms with Crippen molar-refractivity contribution in [2.45, 2.75) is 51.0 Å². The highest BCUT2D eigenvalue weighted by Gasteiger charge is 2.32. The van der Waals surface area contributed by atoms with Crippen LogP contribution in [-0.4, -0.2) is 63.7 Å². The van der Waals surface area contributed by atoms with Gasteiger partial charge in [-0.2, -0.15) is 0 Å². The van der Waals surface area contributed by atoms with Crippen molar-refractivity contribution < 1.29 is 14.3 Å². The molecule has 3 rings (SSSR count). The number of guanidine groups is 1. The molecular weight excluding hydrogens is 507 g/mol. The topological polar surface area (TPSA) is 75.2 Å². The van der Waals surface area contributed by atoms with Crippen LogP contribution in [0.1, 0.15) is 44.1 Å². The molecule has 1 heterocycles. The highest BCUT2D eigenvalue weighted by molar-refractivity contribution is 14.0. The number of nitrogens with zero attached hydrogens (tertiary/aromatic N) is 2. The van der Waals surface area contributed by atoms with E-state index in [2.05, 4.69) is 21.7 Å². The summed E-state index contributed by atoms with van der Waals surface area (Å²) in [4.78, 5) is 19.0. The van der Waals surface area contributed by atoms with E-state index in [1.807, 2.05) is 17.0 Å². The Morgan fingerprint density at radius 1 is 1.16 bits per heavy atom. The van der Waals surface area contributed by atoms with E-state index in [1.54, 1.807) is 21.3 Å². The number of ether oxygens (including phenoxy) is 2. The van der Waals surface area contributed by atoms with E-state index in [0.29, 0.717) is 5.91 Å². The van der Waals surface area contributed by atoms with Gasteiger partial charge in [0, 0.05) is 38.6 Å². The van der Waals surface area contributed by atoms with Crippen LogP contribution in [0.2, 0.25) is 0 Å². The van der Waals surface area contributed by atoms with Gasteiger partial charge >= 0.3 is 0 Å². The summed E-state index contributed by atoms with van der Waals surface area (Å²) in [6.45, 7) is 2.45. The number of hydrogen-bond donors (Lipinski definition) is 2. The number of rotatable bonds is 8. The quantitative estimate of drug-likeness (QED) is 0.228. The van der Waals surface area contributed by atoms with Crippen LogP contribution in [0.5, 0.6) is 11.5 Å². The fourth-order valence-corrected chi connectivity index (χ4v) is 4.43. The smallest absolute Gasteiger partial charge is 0.225 e. The van der Waals surface area contributed by atoms with E-state index in [4.69, 9.17) is 9.47 Å². The summed E-state index contributed by atoms with van der Waals surface area (Å²) >= 11 is 0. The summed E-state index contributed by atoms with van der Waals surface area (Å²) < 4.78 is 10.7. The van der Waals surface area contributed by atoms with Crippen molar-refractivity contribution in [1.29, 1.82) is 0 Å². The molecule has 1 aliphatic carbocycles. The van der Waals surface area contributed by atoms with Gasteiger partial charge in [-0.15, -0.1) is 24.0 Å². The lowest BCUT2D eigenvalue weighted by molar-refractivity contribution is -0.134. The number of aryl methyl sites for hydroxylation is 1. The maximum atomic E-state index is 12.6. The molecule has 2 N–H and O–H groups in total. The van der Waals surface area contributed by atoms with Crippen LogP contribution in [0.25, 0.3) is 0 Å². The number of methoxy groups -OCH3 is 2. The Kier molecular flexibility index (Phi) is 10.7. The van der Waals surface area contributed by atoms with Gasteiger partial charge in [0.15, 0.2) is 17.5 Å². The predicted molar refractivity (Wildman–Crippen MR) is 135 cm³/mol. The number of benzene rings is 1. The van der Waals surface area contributed by atoms with Crippen molar-refractivity contribution >= 4 is 35.8 Å². The van der Waals surface area contributed by atoms with E-state index in [-0.39, 0.29) is 35.9 Å². The fourth-order valence-electron chi connectivity index (χ4n) is 4.43. The summed E-state index contributed by atoms with van der Waals surface area (Å²) in [7, 11) is 5.10. The van der Waals surface area contributed by atoms with E-state index in [0.717, 1.165) is 69.2 Å². The SMILES string of the molecule is CN=C(NCCCc1ccc(OC)c(OC)c1)NC1CCN(C(=O)C2CCCC2)C1.I. The highest BCUT2D eigenvalue weighted by Crippen LogP contribution is 2.28. The van der Waals surface area contributed by atoms with Crippen LogP contribution in [0, 0.1) is 5.92 Å². The number of carbonyl (C=O) groups excluding carboxylic acids is 1. The Bertz CT molecular complexity index is 738. The summed E-state index contributed by atoms with van der Waals surface area (Å²) in [5, 5.41) is 6.88. The maximum Gasteiger partial charge on any atom is 0.225 e. The van der Waals surface area contributed by atoms with Gasteiger partial charge in [0.05, 0.1) is 14.2 Å². The maximum absolute atomic E-state index is 12.6. The molecule has 0 radical (unpaired) electrons. The van der Waals surface area contributed by atoms with Gasteiger partial charge < -0.3 is 25.0 Å². The van der Waals surface area contributed by atoms with Gasteiger partial charge in [-0.3, -0.25) is 9.79 Å². The molecule has 1 aromatic rings. The van der Waals surface area contributed by atoms with Crippen molar-refractivity contribution in [2.24, 2.45) is 10.9 Å². The molecule has 1 amide bonds. The third-order valence-electron chi connectivity index (χ3n) is 6.15. The number of amides is 1. The van der Waals surface area contributed by atoms with Gasteiger partial charge in [-0.25, -0.2) is 0 Å². The van der Waals surface area contributed by atoms with Crippen LogP contribution in [-0.2, 0) is 11.2 Å². The average Bonchev–Trinajstić information content (AvgIpc) is 3.47. The molecule has 1 aliphatic heterocycles. The molecule has 7 nitrogen and oxygen atoms in total. The van der Waals surface area contributed by atoms with Crippen LogP contribution < -0.4 is 20.1 Å². The second-order valence-corrected chi connectivity index (χ2v) is 8.19. The molecule has 1 unspecified atom stereocenters. The summed E-state index contributed by atoms with van der Waals surface area (Å²) in [6, 6.07) is 6.32. The van der Waals surface area contributed by atoms with Gasteiger partial charge in [0.1, 0.15) is 0 Å². The zero-order chi connectivity index (χ0) is 21.3. The first kappa shape index (κ1) is 25.5. The zero-order valence-electron chi connectivity index (χ0n) is 19.0. The van der Waals surface area contributed by atoms with Crippen molar-refractivity contribution in [3.63, 3.8) is 0 Å². The largest absolute Gasteiger partial charge is 0.493 e. The van der Waals surface area contributed by atoms with Gasteiger partial charge in [-0.1, -0.05) is 18.9 Å². The number of halogens is 1. The second-order valence-electron chi connectivity index (χ2n) is 8.19.